The topological polar surface area (TPSA) is 67.5 Å². The molecule has 174 valence electrons. The summed E-state index contributed by atoms with van der Waals surface area (Å²) in [6, 6.07) is 16.2. The molecule has 1 fully saturated rings. The summed E-state index contributed by atoms with van der Waals surface area (Å²) in [5.74, 6) is 0.395. The number of benzene rings is 2. The minimum atomic E-state index is -0.539. The van der Waals surface area contributed by atoms with Gasteiger partial charge in [-0.1, -0.05) is 30.3 Å². The number of H-pyrrole nitrogens is 1. The van der Waals surface area contributed by atoms with Gasteiger partial charge >= 0.3 is 5.97 Å². The molecule has 0 aliphatic carbocycles. The SMILES string of the molecule is CCOC(=O)C1(CCOc2ccccc2)CCN(Cc2cn[nH]c2-c2cccc(F)c2)CC1. The minimum Gasteiger partial charge on any atom is -0.494 e. The van der Waals surface area contributed by atoms with Crippen molar-refractivity contribution in [3.8, 4) is 17.0 Å². The van der Waals surface area contributed by atoms with E-state index in [-0.39, 0.29) is 11.8 Å². The molecule has 0 amide bonds. The van der Waals surface area contributed by atoms with Crippen molar-refractivity contribution in [3.05, 3.63) is 72.2 Å². The van der Waals surface area contributed by atoms with Crippen LogP contribution in [-0.2, 0) is 16.1 Å². The summed E-state index contributed by atoms with van der Waals surface area (Å²) in [7, 11) is 0. The molecule has 3 aromatic rings. The van der Waals surface area contributed by atoms with Crippen LogP contribution in [0.15, 0.2) is 60.8 Å². The predicted octanol–water partition coefficient (Wildman–Crippen LogP) is 4.83. The molecule has 2 aromatic carbocycles. The number of aromatic nitrogens is 2. The molecule has 33 heavy (non-hydrogen) atoms. The maximum atomic E-state index is 13.7. The van der Waals surface area contributed by atoms with Gasteiger partial charge in [-0.15, -0.1) is 0 Å². The summed E-state index contributed by atoms with van der Waals surface area (Å²) in [6.07, 6.45) is 3.82. The Morgan fingerprint density at radius 3 is 2.67 bits per heavy atom. The van der Waals surface area contributed by atoms with E-state index < -0.39 is 5.41 Å². The Morgan fingerprint density at radius 2 is 1.94 bits per heavy atom. The number of hydrogen-bond donors (Lipinski definition) is 1. The second-order valence-corrected chi connectivity index (χ2v) is 8.47. The van der Waals surface area contributed by atoms with E-state index in [1.54, 1.807) is 12.3 Å². The van der Waals surface area contributed by atoms with Crippen LogP contribution < -0.4 is 4.74 Å². The average molecular weight is 452 g/mol. The van der Waals surface area contributed by atoms with Gasteiger partial charge in [-0.2, -0.15) is 5.10 Å². The lowest BCUT2D eigenvalue weighted by molar-refractivity contribution is -0.159. The van der Waals surface area contributed by atoms with Crippen molar-refractivity contribution in [2.24, 2.45) is 5.41 Å². The molecular weight excluding hydrogens is 421 g/mol. The maximum absolute atomic E-state index is 13.7. The lowest BCUT2D eigenvalue weighted by Crippen LogP contribution is -2.45. The van der Waals surface area contributed by atoms with E-state index in [0.29, 0.717) is 39.0 Å². The van der Waals surface area contributed by atoms with Gasteiger partial charge in [0.15, 0.2) is 0 Å². The zero-order valence-corrected chi connectivity index (χ0v) is 18.9. The zero-order chi connectivity index (χ0) is 23.1. The van der Waals surface area contributed by atoms with Crippen LogP contribution in [0.3, 0.4) is 0 Å². The third-order valence-electron chi connectivity index (χ3n) is 6.34. The van der Waals surface area contributed by atoms with Crippen molar-refractivity contribution in [2.75, 3.05) is 26.3 Å². The smallest absolute Gasteiger partial charge is 0.312 e. The summed E-state index contributed by atoms with van der Waals surface area (Å²) >= 11 is 0. The molecule has 2 heterocycles. The van der Waals surface area contributed by atoms with E-state index in [1.165, 1.54) is 12.1 Å². The van der Waals surface area contributed by atoms with Crippen LogP contribution in [0.5, 0.6) is 5.75 Å². The maximum Gasteiger partial charge on any atom is 0.312 e. The van der Waals surface area contributed by atoms with Crippen molar-refractivity contribution in [1.29, 1.82) is 0 Å². The van der Waals surface area contributed by atoms with E-state index in [2.05, 4.69) is 15.1 Å². The lowest BCUT2D eigenvalue weighted by atomic mass is 9.75. The van der Waals surface area contributed by atoms with E-state index in [1.807, 2.05) is 43.3 Å². The minimum absolute atomic E-state index is 0.134. The normalized spacial score (nSPS) is 15.8. The Labute approximate surface area is 193 Å². The highest BCUT2D eigenvalue weighted by Gasteiger charge is 2.42. The van der Waals surface area contributed by atoms with Crippen LogP contribution in [0.4, 0.5) is 4.39 Å². The zero-order valence-electron chi connectivity index (χ0n) is 18.9. The number of piperidine rings is 1. The summed E-state index contributed by atoms with van der Waals surface area (Å²) in [5.41, 5.74) is 2.08. The monoisotopic (exact) mass is 451 g/mol. The summed E-state index contributed by atoms with van der Waals surface area (Å²) < 4.78 is 25.0. The quantitative estimate of drug-likeness (QED) is 0.472. The number of carbonyl (C=O) groups is 1. The van der Waals surface area contributed by atoms with Crippen LogP contribution in [0, 0.1) is 11.2 Å². The number of carbonyl (C=O) groups excluding carboxylic acids is 1. The average Bonchev–Trinajstić information content (AvgIpc) is 3.29. The first-order valence-corrected chi connectivity index (χ1v) is 11.5. The molecule has 6 nitrogen and oxygen atoms in total. The van der Waals surface area contributed by atoms with Gasteiger partial charge in [-0.25, -0.2) is 4.39 Å². The Bertz CT molecular complexity index is 1050. The molecule has 0 saturated carbocycles. The summed E-state index contributed by atoms with van der Waals surface area (Å²) in [4.78, 5) is 15.2. The predicted molar refractivity (Wildman–Crippen MR) is 124 cm³/mol. The molecule has 4 rings (SSSR count). The first-order chi connectivity index (χ1) is 16.1. The molecule has 0 unspecified atom stereocenters. The van der Waals surface area contributed by atoms with Crippen molar-refractivity contribution < 1.29 is 18.7 Å². The first-order valence-electron chi connectivity index (χ1n) is 11.5. The van der Waals surface area contributed by atoms with E-state index >= 15 is 0 Å². The molecule has 0 spiro atoms. The second kappa shape index (κ2) is 10.6. The van der Waals surface area contributed by atoms with Crippen molar-refractivity contribution in [1.82, 2.24) is 15.1 Å². The van der Waals surface area contributed by atoms with Crippen molar-refractivity contribution in [3.63, 3.8) is 0 Å². The molecule has 1 saturated heterocycles. The van der Waals surface area contributed by atoms with Crippen LogP contribution in [0.1, 0.15) is 31.7 Å². The third kappa shape index (κ3) is 5.60. The molecule has 7 heteroatoms. The molecule has 1 aromatic heterocycles. The Balaban J connectivity index is 1.39. The van der Waals surface area contributed by atoms with Crippen LogP contribution in [0.25, 0.3) is 11.3 Å². The lowest BCUT2D eigenvalue weighted by Gasteiger charge is -2.39. The molecular formula is C26H30FN3O3. The number of aromatic amines is 1. The van der Waals surface area contributed by atoms with Gasteiger partial charge in [-0.3, -0.25) is 14.8 Å². The number of nitrogens with zero attached hydrogens (tertiary/aromatic N) is 2. The Hall–Kier alpha value is -3.19. The number of esters is 1. The van der Waals surface area contributed by atoms with Crippen LogP contribution >= 0.6 is 0 Å². The molecule has 0 bridgehead atoms. The molecule has 1 N–H and O–H groups in total. The Kier molecular flexibility index (Phi) is 7.40. The fourth-order valence-electron chi connectivity index (χ4n) is 4.43. The summed E-state index contributed by atoms with van der Waals surface area (Å²) in [5, 5.41) is 7.18. The van der Waals surface area contributed by atoms with E-state index in [0.717, 1.165) is 35.7 Å². The number of nitrogens with one attached hydrogen (secondary N) is 1. The Morgan fingerprint density at radius 1 is 1.15 bits per heavy atom. The highest BCUT2D eigenvalue weighted by atomic mass is 19.1. The van der Waals surface area contributed by atoms with Crippen molar-refractivity contribution >= 4 is 5.97 Å². The van der Waals surface area contributed by atoms with Crippen LogP contribution in [-0.4, -0.2) is 47.4 Å². The van der Waals surface area contributed by atoms with E-state index in [4.69, 9.17) is 9.47 Å². The number of likely N-dealkylation sites (tertiary alicyclic amines) is 1. The van der Waals surface area contributed by atoms with Gasteiger partial charge in [0.05, 0.1) is 30.5 Å². The third-order valence-corrected chi connectivity index (χ3v) is 6.34. The molecule has 0 radical (unpaired) electrons. The van der Waals surface area contributed by atoms with Gasteiger partial charge in [0, 0.05) is 17.7 Å². The fourth-order valence-corrected chi connectivity index (χ4v) is 4.43. The molecule has 1 aliphatic rings. The number of ether oxygens (including phenoxy) is 2. The van der Waals surface area contributed by atoms with Crippen LogP contribution in [0.2, 0.25) is 0 Å². The van der Waals surface area contributed by atoms with Gasteiger partial charge in [-0.05, 0) is 63.5 Å². The van der Waals surface area contributed by atoms with Gasteiger partial charge in [0.25, 0.3) is 0 Å². The standard InChI is InChI=1S/C26H30FN3O3/c1-2-32-25(31)26(13-16-33-23-9-4-3-5-10-23)11-14-30(15-12-26)19-21-18-28-29-24(21)20-7-6-8-22(27)17-20/h3-10,17-18H,2,11-16,19H2,1H3,(H,28,29). The van der Waals surface area contributed by atoms with Crippen molar-refractivity contribution in [2.45, 2.75) is 32.7 Å². The number of hydrogen-bond acceptors (Lipinski definition) is 5. The highest BCUT2D eigenvalue weighted by Crippen LogP contribution is 2.37. The highest BCUT2D eigenvalue weighted by molar-refractivity contribution is 5.77. The van der Waals surface area contributed by atoms with E-state index in [9.17, 15) is 9.18 Å². The number of rotatable bonds is 9. The van der Waals surface area contributed by atoms with Gasteiger partial charge < -0.3 is 9.47 Å². The number of halogens is 1. The number of para-hydroxylation sites is 1. The first kappa shape index (κ1) is 23.0. The fraction of sp³-hybridized carbons (Fsp3) is 0.385. The largest absolute Gasteiger partial charge is 0.494 e. The second-order valence-electron chi connectivity index (χ2n) is 8.47. The van der Waals surface area contributed by atoms with Gasteiger partial charge in [0.1, 0.15) is 11.6 Å². The summed E-state index contributed by atoms with van der Waals surface area (Å²) in [6.45, 7) is 4.88. The molecule has 0 atom stereocenters. The molecule has 1 aliphatic heterocycles. The van der Waals surface area contributed by atoms with Gasteiger partial charge in [0.2, 0.25) is 0 Å².